The summed E-state index contributed by atoms with van der Waals surface area (Å²) in [5.74, 6) is -1.26. The zero-order valence-corrected chi connectivity index (χ0v) is 13.6. The zero-order valence-electron chi connectivity index (χ0n) is 12.8. The number of hydrogen-bond acceptors (Lipinski definition) is 6. The zero-order chi connectivity index (χ0) is 17.2. The molecule has 1 aromatic heterocycles. The van der Waals surface area contributed by atoms with Gasteiger partial charge in [0, 0.05) is 25.2 Å². The number of anilines is 1. The minimum Gasteiger partial charge on any atom is -0.408 e. The Hall–Kier alpha value is -2.17. The van der Waals surface area contributed by atoms with E-state index in [0.29, 0.717) is 43.1 Å². The van der Waals surface area contributed by atoms with Crippen molar-refractivity contribution in [2.45, 2.75) is 6.42 Å². The molecule has 0 radical (unpaired) electrons. The van der Waals surface area contributed by atoms with E-state index in [1.54, 1.807) is 18.2 Å². The molecule has 3 rings (SSSR count). The third-order valence-corrected chi connectivity index (χ3v) is 5.53. The Balaban J connectivity index is 1.59. The van der Waals surface area contributed by atoms with E-state index >= 15 is 0 Å². The molecule has 1 saturated heterocycles. The van der Waals surface area contributed by atoms with Crippen molar-refractivity contribution < 1.29 is 22.4 Å². The van der Waals surface area contributed by atoms with Crippen molar-refractivity contribution in [3.63, 3.8) is 0 Å². The monoisotopic (exact) mass is 355 g/mol. The first-order valence-electron chi connectivity index (χ1n) is 7.42. The number of oxazole rings is 1. The Kier molecular flexibility index (Phi) is 4.69. The normalized spacial score (nSPS) is 16.3. The summed E-state index contributed by atoms with van der Waals surface area (Å²) >= 11 is 0. The maximum atomic E-state index is 12.2. The molecule has 24 heavy (non-hydrogen) atoms. The summed E-state index contributed by atoms with van der Waals surface area (Å²) in [6, 6.07) is 4.68. The van der Waals surface area contributed by atoms with Gasteiger partial charge in [0.25, 0.3) is 0 Å². The molecule has 0 saturated carbocycles. The van der Waals surface area contributed by atoms with Crippen molar-refractivity contribution >= 4 is 32.7 Å². The van der Waals surface area contributed by atoms with Crippen molar-refractivity contribution in [1.29, 1.82) is 0 Å². The minimum absolute atomic E-state index is 0.153. The van der Waals surface area contributed by atoms with Gasteiger partial charge in [0.1, 0.15) is 0 Å². The van der Waals surface area contributed by atoms with E-state index in [9.17, 15) is 18.0 Å². The van der Waals surface area contributed by atoms with Gasteiger partial charge in [-0.2, -0.15) is 4.31 Å². The van der Waals surface area contributed by atoms with Crippen LogP contribution in [-0.2, 0) is 19.6 Å². The average Bonchev–Trinajstić information content (AvgIpc) is 2.93. The number of sulfonamides is 1. The van der Waals surface area contributed by atoms with Crippen LogP contribution in [0.1, 0.15) is 6.42 Å². The first-order valence-corrected chi connectivity index (χ1v) is 9.03. The number of morpholine rings is 1. The van der Waals surface area contributed by atoms with Crippen molar-refractivity contribution in [2.75, 3.05) is 37.4 Å². The van der Waals surface area contributed by atoms with E-state index in [-0.39, 0.29) is 12.2 Å². The lowest BCUT2D eigenvalue weighted by molar-refractivity contribution is -0.115. The number of carbonyl (C=O) groups is 1. The molecule has 0 atom stereocenters. The van der Waals surface area contributed by atoms with Gasteiger partial charge < -0.3 is 14.5 Å². The van der Waals surface area contributed by atoms with Gasteiger partial charge in [0.15, 0.2) is 5.58 Å². The van der Waals surface area contributed by atoms with Crippen LogP contribution in [0.3, 0.4) is 0 Å². The quantitative estimate of drug-likeness (QED) is 0.785. The van der Waals surface area contributed by atoms with Gasteiger partial charge in [-0.1, -0.05) is 0 Å². The molecule has 130 valence electrons. The molecule has 9 nitrogen and oxygen atoms in total. The summed E-state index contributed by atoms with van der Waals surface area (Å²) in [6.07, 6.45) is -0.153. The molecule has 0 unspecified atom stereocenters. The van der Waals surface area contributed by atoms with Crippen molar-refractivity contribution in [3.05, 3.63) is 28.7 Å². The Bertz CT molecular complexity index is 895. The number of H-pyrrole nitrogens is 1. The summed E-state index contributed by atoms with van der Waals surface area (Å²) in [6.45, 7) is 1.37. The lowest BCUT2D eigenvalue weighted by atomic mass is 10.3. The van der Waals surface area contributed by atoms with E-state index in [1.807, 2.05) is 0 Å². The maximum Gasteiger partial charge on any atom is 0.417 e. The fourth-order valence-corrected chi connectivity index (χ4v) is 3.84. The fourth-order valence-electron chi connectivity index (χ4n) is 2.43. The predicted molar refractivity (Wildman–Crippen MR) is 86.3 cm³/mol. The second-order valence-corrected chi connectivity index (χ2v) is 7.44. The number of amides is 1. The number of nitrogens with zero attached hydrogens (tertiary/aromatic N) is 1. The molecule has 2 aromatic rings. The Labute approximate surface area is 137 Å². The Morgan fingerprint density at radius 3 is 2.79 bits per heavy atom. The largest absolute Gasteiger partial charge is 0.417 e. The van der Waals surface area contributed by atoms with Crippen LogP contribution in [0.5, 0.6) is 0 Å². The van der Waals surface area contributed by atoms with Crippen molar-refractivity contribution in [2.24, 2.45) is 0 Å². The standard InChI is InChI=1S/C14H17N3O6S/c18-13(3-8-24(20,21)17-4-6-22-7-5-17)15-10-1-2-12-11(9-10)16-14(19)23-12/h1-2,9H,3-8H2,(H,15,18)(H,16,19). The first-order chi connectivity index (χ1) is 11.4. The van der Waals surface area contributed by atoms with Crippen LogP contribution in [0.15, 0.2) is 27.4 Å². The second kappa shape index (κ2) is 6.75. The highest BCUT2D eigenvalue weighted by atomic mass is 32.2. The first kappa shape index (κ1) is 16.7. The van der Waals surface area contributed by atoms with Crippen molar-refractivity contribution in [1.82, 2.24) is 9.29 Å². The number of aromatic nitrogens is 1. The molecule has 10 heteroatoms. The molecule has 1 aromatic carbocycles. The highest BCUT2D eigenvalue weighted by molar-refractivity contribution is 7.89. The molecule has 1 aliphatic rings. The molecule has 2 N–H and O–H groups in total. The minimum atomic E-state index is -3.47. The molecule has 1 amide bonds. The highest BCUT2D eigenvalue weighted by Gasteiger charge is 2.24. The molecule has 2 heterocycles. The fraction of sp³-hybridized carbons (Fsp3) is 0.429. The summed E-state index contributed by atoms with van der Waals surface area (Å²) in [4.78, 5) is 25.5. The summed E-state index contributed by atoms with van der Waals surface area (Å²) in [5.41, 5.74) is 1.29. The number of hydrogen-bond donors (Lipinski definition) is 2. The third kappa shape index (κ3) is 3.83. The van der Waals surface area contributed by atoms with Gasteiger partial charge in [-0.3, -0.25) is 9.78 Å². The van der Waals surface area contributed by atoms with Crippen LogP contribution >= 0.6 is 0 Å². The smallest absolute Gasteiger partial charge is 0.408 e. The van der Waals surface area contributed by atoms with E-state index in [1.165, 1.54) is 4.31 Å². The number of ether oxygens (including phenoxy) is 1. The van der Waals surface area contributed by atoms with E-state index in [2.05, 4.69) is 10.3 Å². The van der Waals surface area contributed by atoms with Crippen LogP contribution in [0.25, 0.3) is 11.1 Å². The van der Waals surface area contributed by atoms with Gasteiger partial charge in [-0.05, 0) is 18.2 Å². The van der Waals surface area contributed by atoms with E-state index in [4.69, 9.17) is 9.15 Å². The van der Waals surface area contributed by atoms with E-state index < -0.39 is 21.7 Å². The van der Waals surface area contributed by atoms with Crippen molar-refractivity contribution in [3.8, 4) is 0 Å². The summed E-state index contributed by atoms with van der Waals surface area (Å²) in [5, 5.41) is 2.61. The lowest BCUT2D eigenvalue weighted by Crippen LogP contribution is -2.42. The topological polar surface area (TPSA) is 122 Å². The summed E-state index contributed by atoms with van der Waals surface area (Å²) < 4.78 is 35.6. The average molecular weight is 355 g/mol. The van der Waals surface area contributed by atoms with Gasteiger partial charge in [-0.25, -0.2) is 13.2 Å². The van der Waals surface area contributed by atoms with Gasteiger partial charge in [-0.15, -0.1) is 0 Å². The number of fused-ring (bicyclic) bond motifs is 1. The molecule has 0 bridgehead atoms. The molecule has 1 aliphatic heterocycles. The van der Waals surface area contributed by atoms with E-state index in [0.717, 1.165) is 0 Å². The Morgan fingerprint density at radius 2 is 2.04 bits per heavy atom. The van der Waals surface area contributed by atoms with Crippen LogP contribution in [-0.4, -0.2) is 55.7 Å². The van der Waals surface area contributed by atoms with Gasteiger partial charge >= 0.3 is 5.76 Å². The van der Waals surface area contributed by atoms with Crippen LogP contribution in [0.4, 0.5) is 5.69 Å². The number of nitrogens with one attached hydrogen (secondary N) is 2. The lowest BCUT2D eigenvalue weighted by Gasteiger charge is -2.25. The Morgan fingerprint density at radius 1 is 1.29 bits per heavy atom. The number of benzene rings is 1. The SMILES string of the molecule is O=C(CCS(=O)(=O)N1CCOCC1)Nc1ccc2oc(=O)[nH]c2c1. The van der Waals surface area contributed by atoms with Gasteiger partial charge in [0.05, 0.1) is 24.5 Å². The van der Waals surface area contributed by atoms with Gasteiger partial charge in [0.2, 0.25) is 15.9 Å². The van der Waals surface area contributed by atoms with Crippen LogP contribution in [0.2, 0.25) is 0 Å². The third-order valence-electron chi connectivity index (χ3n) is 3.65. The van der Waals surface area contributed by atoms with Crippen LogP contribution < -0.4 is 11.1 Å². The van der Waals surface area contributed by atoms with Crippen LogP contribution in [0, 0.1) is 0 Å². The number of carbonyl (C=O) groups excluding carboxylic acids is 1. The molecular formula is C14H17N3O6S. The second-order valence-electron chi connectivity index (χ2n) is 5.35. The molecule has 1 fully saturated rings. The number of rotatable bonds is 5. The molecule has 0 aliphatic carbocycles. The summed E-state index contributed by atoms with van der Waals surface area (Å²) in [7, 11) is -3.47. The highest BCUT2D eigenvalue weighted by Crippen LogP contribution is 2.16. The molecular weight excluding hydrogens is 338 g/mol. The number of aromatic amines is 1. The molecule has 0 spiro atoms. The predicted octanol–water partition coefficient (Wildman–Crippen LogP) is 0.112. The maximum absolute atomic E-state index is 12.2.